The van der Waals surface area contributed by atoms with Crippen molar-refractivity contribution >= 4 is 37.5 Å². The van der Waals surface area contributed by atoms with E-state index in [1.165, 1.54) is 11.1 Å². The minimum absolute atomic E-state index is 0.256. The van der Waals surface area contributed by atoms with Crippen LogP contribution in [0.2, 0.25) is 0 Å². The number of hydrogen-bond donors (Lipinski definition) is 1. The van der Waals surface area contributed by atoms with E-state index in [0.29, 0.717) is 0 Å². The van der Waals surface area contributed by atoms with E-state index < -0.39 is 0 Å². The molecule has 2 aromatic carbocycles. The molecule has 21 heavy (non-hydrogen) atoms. The molecule has 0 amide bonds. The summed E-state index contributed by atoms with van der Waals surface area (Å²) in [5, 5.41) is 3.61. The lowest BCUT2D eigenvalue weighted by atomic mass is 10.0. The average molecular weight is 413 g/mol. The Morgan fingerprint density at radius 1 is 1.10 bits per heavy atom. The lowest BCUT2D eigenvalue weighted by molar-refractivity contribution is 0.414. The maximum absolute atomic E-state index is 5.22. The largest absolute Gasteiger partial charge is 0.497 e. The van der Waals surface area contributed by atoms with E-state index in [2.05, 4.69) is 75.3 Å². The summed E-state index contributed by atoms with van der Waals surface area (Å²) in [6.07, 6.45) is 0.999. The number of halogens is 2. The molecule has 0 aliphatic rings. The topological polar surface area (TPSA) is 21.3 Å². The van der Waals surface area contributed by atoms with E-state index in [9.17, 15) is 0 Å². The fraction of sp³-hybridized carbons (Fsp3) is 0.294. The Kier molecular flexibility index (Phi) is 5.71. The van der Waals surface area contributed by atoms with Crippen molar-refractivity contribution in [2.24, 2.45) is 0 Å². The number of aryl methyl sites for hydroxylation is 1. The summed E-state index contributed by atoms with van der Waals surface area (Å²) in [5.74, 6) is 0.881. The molecule has 2 rings (SSSR count). The maximum atomic E-state index is 5.22. The molecule has 0 spiro atoms. The van der Waals surface area contributed by atoms with E-state index >= 15 is 0 Å². The summed E-state index contributed by atoms with van der Waals surface area (Å²) in [6.45, 7) is 4.26. The van der Waals surface area contributed by atoms with Crippen LogP contribution in [0.3, 0.4) is 0 Å². The second kappa shape index (κ2) is 7.32. The van der Waals surface area contributed by atoms with E-state index in [-0.39, 0.29) is 6.04 Å². The number of ether oxygens (including phenoxy) is 1. The molecule has 112 valence electrons. The number of methoxy groups -OCH3 is 1. The van der Waals surface area contributed by atoms with Gasteiger partial charge in [-0.05, 0) is 80.6 Å². The van der Waals surface area contributed by atoms with Crippen molar-refractivity contribution in [1.82, 2.24) is 0 Å². The molecule has 0 heterocycles. The molecule has 4 heteroatoms. The van der Waals surface area contributed by atoms with E-state index in [4.69, 9.17) is 4.74 Å². The van der Waals surface area contributed by atoms with Gasteiger partial charge in [0.2, 0.25) is 0 Å². The summed E-state index contributed by atoms with van der Waals surface area (Å²) < 4.78 is 7.36. The summed E-state index contributed by atoms with van der Waals surface area (Å²) in [5.41, 5.74) is 3.55. The summed E-state index contributed by atoms with van der Waals surface area (Å²) >= 11 is 7.28. The third-order valence-corrected chi connectivity index (χ3v) is 4.68. The van der Waals surface area contributed by atoms with Crippen LogP contribution in [0.1, 0.15) is 30.5 Å². The predicted molar refractivity (Wildman–Crippen MR) is 96.2 cm³/mol. The molecule has 2 nitrogen and oxygen atoms in total. The first-order chi connectivity index (χ1) is 10.0. The standard InChI is InChI=1S/C17H19Br2NO/c1-4-16(12-5-7-13(21-3)8-6-12)20-17-14(18)9-11(2)10-15(17)19/h5-10,16,20H,4H2,1-3H3. The molecular formula is C17H19Br2NO. The zero-order valence-corrected chi connectivity index (χ0v) is 15.6. The molecule has 1 unspecified atom stereocenters. The van der Waals surface area contributed by atoms with Gasteiger partial charge < -0.3 is 10.1 Å². The highest BCUT2D eigenvalue weighted by Crippen LogP contribution is 2.35. The zero-order valence-electron chi connectivity index (χ0n) is 12.4. The minimum atomic E-state index is 0.256. The van der Waals surface area contributed by atoms with Crippen LogP contribution in [-0.4, -0.2) is 7.11 Å². The van der Waals surface area contributed by atoms with Gasteiger partial charge in [0.25, 0.3) is 0 Å². The molecule has 0 aliphatic carbocycles. The van der Waals surface area contributed by atoms with Gasteiger partial charge >= 0.3 is 0 Å². The quantitative estimate of drug-likeness (QED) is 0.641. The van der Waals surface area contributed by atoms with Crippen LogP contribution in [0, 0.1) is 6.92 Å². The van der Waals surface area contributed by atoms with Gasteiger partial charge in [-0.1, -0.05) is 19.1 Å². The van der Waals surface area contributed by atoms with Gasteiger partial charge in [0.15, 0.2) is 0 Å². The normalized spacial score (nSPS) is 12.0. The van der Waals surface area contributed by atoms with Crippen LogP contribution in [0.5, 0.6) is 5.75 Å². The molecule has 0 aliphatic heterocycles. The van der Waals surface area contributed by atoms with E-state index in [0.717, 1.165) is 26.8 Å². The minimum Gasteiger partial charge on any atom is -0.497 e. The smallest absolute Gasteiger partial charge is 0.118 e. The number of nitrogens with one attached hydrogen (secondary N) is 1. The second-order valence-corrected chi connectivity index (χ2v) is 6.69. The van der Waals surface area contributed by atoms with Crippen LogP contribution in [0.15, 0.2) is 45.3 Å². The molecule has 0 radical (unpaired) electrons. The van der Waals surface area contributed by atoms with Gasteiger partial charge in [0.1, 0.15) is 5.75 Å². The van der Waals surface area contributed by atoms with Crippen LogP contribution < -0.4 is 10.1 Å². The summed E-state index contributed by atoms with van der Waals surface area (Å²) in [7, 11) is 1.69. The third kappa shape index (κ3) is 4.01. The lowest BCUT2D eigenvalue weighted by Gasteiger charge is -2.21. The first-order valence-electron chi connectivity index (χ1n) is 6.91. The maximum Gasteiger partial charge on any atom is 0.118 e. The van der Waals surface area contributed by atoms with Crippen molar-refractivity contribution in [2.45, 2.75) is 26.3 Å². The second-order valence-electron chi connectivity index (χ2n) is 4.98. The number of anilines is 1. The van der Waals surface area contributed by atoms with Crippen LogP contribution in [0.25, 0.3) is 0 Å². The first kappa shape index (κ1) is 16.4. The highest BCUT2D eigenvalue weighted by Gasteiger charge is 2.13. The fourth-order valence-corrected chi connectivity index (χ4v) is 3.91. The Bertz CT molecular complexity index is 588. The van der Waals surface area contributed by atoms with Gasteiger partial charge in [0, 0.05) is 8.95 Å². The van der Waals surface area contributed by atoms with Gasteiger partial charge in [-0.25, -0.2) is 0 Å². The highest BCUT2D eigenvalue weighted by molar-refractivity contribution is 9.11. The first-order valence-corrected chi connectivity index (χ1v) is 8.50. The Morgan fingerprint density at radius 2 is 1.67 bits per heavy atom. The summed E-state index contributed by atoms with van der Waals surface area (Å²) in [4.78, 5) is 0. The summed E-state index contributed by atoms with van der Waals surface area (Å²) in [6, 6.07) is 12.7. The van der Waals surface area contributed by atoms with E-state index in [1.807, 2.05) is 12.1 Å². The Hall–Kier alpha value is -1.00. The van der Waals surface area contributed by atoms with Crippen molar-refractivity contribution < 1.29 is 4.74 Å². The number of rotatable bonds is 5. The monoisotopic (exact) mass is 411 g/mol. The zero-order chi connectivity index (χ0) is 15.4. The van der Waals surface area contributed by atoms with Crippen molar-refractivity contribution in [3.63, 3.8) is 0 Å². The van der Waals surface area contributed by atoms with Crippen LogP contribution in [0.4, 0.5) is 5.69 Å². The SMILES string of the molecule is CCC(Nc1c(Br)cc(C)cc1Br)c1ccc(OC)cc1. The molecular weight excluding hydrogens is 394 g/mol. The van der Waals surface area contributed by atoms with Crippen molar-refractivity contribution in [1.29, 1.82) is 0 Å². The lowest BCUT2D eigenvalue weighted by Crippen LogP contribution is -2.10. The van der Waals surface area contributed by atoms with E-state index in [1.54, 1.807) is 7.11 Å². The Labute approximate surface area is 143 Å². The van der Waals surface area contributed by atoms with Gasteiger partial charge in [-0.15, -0.1) is 0 Å². The molecule has 0 fully saturated rings. The average Bonchev–Trinajstić information content (AvgIpc) is 2.47. The van der Waals surface area contributed by atoms with Crippen LogP contribution in [-0.2, 0) is 0 Å². The Balaban J connectivity index is 2.26. The molecule has 1 N–H and O–H groups in total. The van der Waals surface area contributed by atoms with Gasteiger partial charge in [-0.3, -0.25) is 0 Å². The van der Waals surface area contributed by atoms with Crippen LogP contribution >= 0.6 is 31.9 Å². The van der Waals surface area contributed by atoms with Gasteiger partial charge in [0.05, 0.1) is 18.8 Å². The fourth-order valence-electron chi connectivity index (χ4n) is 2.27. The third-order valence-electron chi connectivity index (χ3n) is 3.43. The molecule has 0 saturated carbocycles. The number of hydrogen-bond acceptors (Lipinski definition) is 2. The van der Waals surface area contributed by atoms with Crippen molar-refractivity contribution in [3.05, 3.63) is 56.5 Å². The number of benzene rings is 2. The van der Waals surface area contributed by atoms with Crippen molar-refractivity contribution in [2.75, 3.05) is 12.4 Å². The Morgan fingerprint density at radius 3 is 2.14 bits per heavy atom. The molecule has 0 aromatic heterocycles. The van der Waals surface area contributed by atoms with Gasteiger partial charge in [-0.2, -0.15) is 0 Å². The predicted octanol–water partition coefficient (Wildman–Crippen LogP) is 6.09. The molecule has 0 saturated heterocycles. The highest BCUT2D eigenvalue weighted by atomic mass is 79.9. The molecule has 0 bridgehead atoms. The molecule has 1 atom stereocenters. The van der Waals surface area contributed by atoms with Crippen molar-refractivity contribution in [3.8, 4) is 5.75 Å². The molecule has 2 aromatic rings.